The van der Waals surface area contributed by atoms with Crippen LogP contribution in [0.4, 0.5) is 5.69 Å². The van der Waals surface area contributed by atoms with E-state index in [9.17, 15) is 9.90 Å². The van der Waals surface area contributed by atoms with Crippen LogP contribution in [0.15, 0.2) is 18.2 Å². The number of rotatable bonds is 4. The maximum absolute atomic E-state index is 11.8. The molecule has 1 aliphatic carbocycles. The van der Waals surface area contributed by atoms with E-state index >= 15 is 0 Å². The monoisotopic (exact) mass is 234 g/mol. The van der Waals surface area contributed by atoms with Crippen LogP contribution in [-0.2, 0) is 0 Å². The average Bonchev–Trinajstić information content (AvgIpc) is 3.10. The fourth-order valence-electron chi connectivity index (χ4n) is 1.89. The maximum Gasteiger partial charge on any atom is 0.251 e. The Kier molecular flexibility index (Phi) is 2.96. The highest BCUT2D eigenvalue weighted by atomic mass is 16.3. The molecule has 4 heteroatoms. The van der Waals surface area contributed by atoms with Crippen LogP contribution in [0.3, 0.4) is 0 Å². The first-order chi connectivity index (χ1) is 8.06. The van der Waals surface area contributed by atoms with Gasteiger partial charge in [0.25, 0.3) is 5.91 Å². The highest BCUT2D eigenvalue weighted by molar-refractivity contribution is 5.95. The summed E-state index contributed by atoms with van der Waals surface area (Å²) in [5, 5.41) is 12.3. The van der Waals surface area contributed by atoms with Gasteiger partial charge >= 0.3 is 0 Å². The third-order valence-corrected chi connectivity index (χ3v) is 3.62. The number of hydrogen-bond donors (Lipinski definition) is 3. The number of amides is 1. The Labute approximate surface area is 101 Å². The molecule has 0 bridgehead atoms. The van der Waals surface area contributed by atoms with Crippen molar-refractivity contribution in [2.75, 3.05) is 12.3 Å². The summed E-state index contributed by atoms with van der Waals surface area (Å²) in [4.78, 5) is 11.8. The van der Waals surface area contributed by atoms with E-state index in [-0.39, 0.29) is 17.3 Å². The van der Waals surface area contributed by atoms with Gasteiger partial charge in [-0.05, 0) is 42.9 Å². The molecule has 1 aliphatic rings. The summed E-state index contributed by atoms with van der Waals surface area (Å²) in [6, 6.07) is 4.56. The van der Waals surface area contributed by atoms with Gasteiger partial charge in [-0.1, -0.05) is 6.92 Å². The van der Waals surface area contributed by atoms with Crippen LogP contribution in [0.25, 0.3) is 0 Å². The quantitative estimate of drug-likeness (QED) is 0.550. The number of hydrogen-bond acceptors (Lipinski definition) is 3. The second-order valence-corrected chi connectivity index (χ2v) is 4.81. The molecule has 0 heterocycles. The maximum atomic E-state index is 11.8. The Bertz CT molecular complexity index is 439. The summed E-state index contributed by atoms with van der Waals surface area (Å²) in [6.07, 6.45) is 3.48. The topological polar surface area (TPSA) is 75.4 Å². The smallest absolute Gasteiger partial charge is 0.251 e. The van der Waals surface area contributed by atoms with Gasteiger partial charge < -0.3 is 16.2 Å². The van der Waals surface area contributed by atoms with Crippen molar-refractivity contribution in [2.24, 2.45) is 5.41 Å². The minimum atomic E-state index is -0.153. The predicted octanol–water partition coefficient (Wildman–Crippen LogP) is 1.89. The van der Waals surface area contributed by atoms with Crippen LogP contribution < -0.4 is 11.1 Å². The van der Waals surface area contributed by atoms with Gasteiger partial charge in [0, 0.05) is 12.1 Å². The Hall–Kier alpha value is -1.71. The Morgan fingerprint density at radius 2 is 2.24 bits per heavy atom. The summed E-state index contributed by atoms with van der Waals surface area (Å²) < 4.78 is 0. The molecule has 0 aliphatic heterocycles. The lowest BCUT2D eigenvalue weighted by Gasteiger charge is -2.13. The number of anilines is 1. The standard InChI is InChI=1S/C13H18N2O2/c1-2-13(5-6-13)8-15-12(17)9-3-4-10(14)11(16)7-9/h3-4,7,16H,2,5-6,8,14H2,1H3,(H,15,17). The van der Waals surface area contributed by atoms with Crippen molar-refractivity contribution in [2.45, 2.75) is 26.2 Å². The molecule has 1 aromatic carbocycles. The number of phenols is 1. The van der Waals surface area contributed by atoms with Gasteiger partial charge in [-0.15, -0.1) is 0 Å². The molecule has 0 radical (unpaired) electrons. The van der Waals surface area contributed by atoms with Crippen LogP contribution in [0, 0.1) is 5.41 Å². The number of aromatic hydroxyl groups is 1. The van der Waals surface area contributed by atoms with E-state index in [2.05, 4.69) is 12.2 Å². The zero-order valence-electron chi connectivity index (χ0n) is 9.99. The van der Waals surface area contributed by atoms with E-state index in [4.69, 9.17) is 5.73 Å². The number of benzene rings is 1. The summed E-state index contributed by atoms with van der Waals surface area (Å²) in [5.41, 5.74) is 6.54. The highest BCUT2D eigenvalue weighted by Crippen LogP contribution is 2.47. The molecule has 0 aromatic heterocycles. The molecule has 1 amide bonds. The number of nitrogen functional groups attached to an aromatic ring is 1. The zero-order valence-corrected chi connectivity index (χ0v) is 9.99. The number of carbonyl (C=O) groups excluding carboxylic acids is 1. The molecule has 4 N–H and O–H groups in total. The highest BCUT2D eigenvalue weighted by Gasteiger charge is 2.40. The van der Waals surface area contributed by atoms with E-state index in [1.54, 1.807) is 6.07 Å². The van der Waals surface area contributed by atoms with Gasteiger partial charge in [-0.3, -0.25) is 4.79 Å². The fraction of sp³-hybridized carbons (Fsp3) is 0.462. The minimum Gasteiger partial charge on any atom is -0.506 e. The largest absolute Gasteiger partial charge is 0.506 e. The van der Waals surface area contributed by atoms with Gasteiger partial charge in [0.2, 0.25) is 0 Å². The fourth-order valence-corrected chi connectivity index (χ4v) is 1.89. The molecule has 1 fully saturated rings. The summed E-state index contributed by atoms with van der Waals surface area (Å²) in [7, 11) is 0. The molecule has 0 atom stereocenters. The first-order valence-corrected chi connectivity index (χ1v) is 5.93. The number of nitrogens with one attached hydrogen (secondary N) is 1. The zero-order chi connectivity index (χ0) is 12.5. The van der Waals surface area contributed by atoms with Crippen LogP contribution in [0.5, 0.6) is 5.75 Å². The van der Waals surface area contributed by atoms with Crippen LogP contribution in [0.1, 0.15) is 36.5 Å². The summed E-state index contributed by atoms with van der Waals surface area (Å²) in [6.45, 7) is 2.86. The lowest BCUT2D eigenvalue weighted by Crippen LogP contribution is -2.29. The molecule has 4 nitrogen and oxygen atoms in total. The number of phenolic OH excluding ortho intramolecular Hbond substituents is 1. The predicted molar refractivity (Wildman–Crippen MR) is 66.8 cm³/mol. The van der Waals surface area contributed by atoms with E-state index < -0.39 is 0 Å². The van der Waals surface area contributed by atoms with E-state index in [0.29, 0.717) is 17.5 Å². The van der Waals surface area contributed by atoms with E-state index in [1.807, 2.05) is 0 Å². The van der Waals surface area contributed by atoms with Crippen molar-refractivity contribution in [3.8, 4) is 5.75 Å². The molecule has 0 unspecified atom stereocenters. The molecule has 1 saturated carbocycles. The van der Waals surface area contributed by atoms with Gasteiger partial charge in [0.05, 0.1) is 5.69 Å². The molecule has 0 spiro atoms. The Balaban J connectivity index is 1.97. The van der Waals surface area contributed by atoms with Crippen LogP contribution in [-0.4, -0.2) is 17.6 Å². The van der Waals surface area contributed by atoms with Crippen molar-refractivity contribution in [3.63, 3.8) is 0 Å². The molecule has 1 aromatic rings. The lowest BCUT2D eigenvalue weighted by molar-refractivity contribution is 0.0944. The number of carbonyl (C=O) groups is 1. The first kappa shape index (κ1) is 11.8. The minimum absolute atomic E-state index is 0.0470. The van der Waals surface area contributed by atoms with Gasteiger partial charge in [0.1, 0.15) is 5.75 Å². The van der Waals surface area contributed by atoms with Crippen molar-refractivity contribution in [1.29, 1.82) is 0 Å². The molecule has 2 rings (SSSR count). The number of nitrogens with two attached hydrogens (primary N) is 1. The van der Waals surface area contributed by atoms with Crippen molar-refractivity contribution in [3.05, 3.63) is 23.8 Å². The van der Waals surface area contributed by atoms with Gasteiger partial charge in [-0.2, -0.15) is 0 Å². The molecular weight excluding hydrogens is 216 g/mol. The van der Waals surface area contributed by atoms with Crippen molar-refractivity contribution in [1.82, 2.24) is 5.32 Å². The SMILES string of the molecule is CCC1(CNC(=O)c2ccc(N)c(O)c2)CC1. The van der Waals surface area contributed by atoms with Crippen LogP contribution in [0.2, 0.25) is 0 Å². The van der Waals surface area contributed by atoms with Gasteiger partial charge in [0.15, 0.2) is 0 Å². The molecule has 92 valence electrons. The first-order valence-electron chi connectivity index (χ1n) is 5.93. The molecular formula is C13H18N2O2. The molecule has 17 heavy (non-hydrogen) atoms. The second-order valence-electron chi connectivity index (χ2n) is 4.81. The van der Waals surface area contributed by atoms with Gasteiger partial charge in [-0.25, -0.2) is 0 Å². The van der Waals surface area contributed by atoms with Crippen molar-refractivity contribution >= 4 is 11.6 Å². The van der Waals surface area contributed by atoms with Crippen LogP contribution >= 0.6 is 0 Å². The summed E-state index contributed by atoms with van der Waals surface area (Å²) in [5.74, 6) is -0.200. The van der Waals surface area contributed by atoms with Crippen molar-refractivity contribution < 1.29 is 9.90 Å². The third-order valence-electron chi connectivity index (χ3n) is 3.62. The lowest BCUT2D eigenvalue weighted by atomic mass is 10.0. The Morgan fingerprint density at radius 3 is 2.76 bits per heavy atom. The third kappa shape index (κ3) is 2.52. The van der Waals surface area contributed by atoms with E-state index in [0.717, 1.165) is 6.42 Å². The van der Waals surface area contributed by atoms with E-state index in [1.165, 1.54) is 25.0 Å². The normalized spacial score (nSPS) is 16.5. The molecule has 0 saturated heterocycles. The Morgan fingerprint density at radius 1 is 1.53 bits per heavy atom. The average molecular weight is 234 g/mol. The second kappa shape index (κ2) is 4.28. The summed E-state index contributed by atoms with van der Waals surface area (Å²) >= 11 is 0.